The van der Waals surface area contributed by atoms with E-state index < -0.39 is 42.3 Å². The molecule has 1 aliphatic rings. The van der Waals surface area contributed by atoms with Gasteiger partial charge in [-0.3, -0.25) is 0 Å². The number of aliphatic carboxylic acids is 1. The summed E-state index contributed by atoms with van der Waals surface area (Å²) in [6.07, 6.45) is 4.40. The summed E-state index contributed by atoms with van der Waals surface area (Å²) in [7, 11) is 0. The Morgan fingerprint density at radius 2 is 1.43 bits per heavy atom. The second-order valence-corrected chi connectivity index (χ2v) is 7.54. The molecule has 1 heterocycles. The van der Waals surface area contributed by atoms with Gasteiger partial charge in [0.1, 0.15) is 18.3 Å². The van der Waals surface area contributed by atoms with Crippen LogP contribution in [0.3, 0.4) is 0 Å². The average Bonchev–Trinajstić information content (AvgIpc) is 2.64. The minimum absolute atomic E-state index is 0. The normalized spacial score (nSPS) is 32.7. The van der Waals surface area contributed by atoms with Crippen LogP contribution in [0.1, 0.15) is 77.6 Å². The molecule has 1 saturated heterocycles. The Bertz CT molecular complexity index is 452. The molecule has 0 spiro atoms. The van der Waals surface area contributed by atoms with E-state index in [0.717, 1.165) is 19.3 Å². The standard InChI is InChI=1S/C19H36O8.Na/c1-2-3-4-5-6-7-8-9-10-11-12-18(25)19(26,17(23)24)16(22)15(21)14(13-20)27-18;/h14-16,20-22,25-26H,2-13H2,1H3,(H,23,24);/q;+1/p-1/t14-,15-,16+,18?,19+;/m1./s1. The van der Waals surface area contributed by atoms with Gasteiger partial charge in [0.25, 0.3) is 0 Å². The number of rotatable bonds is 13. The number of hydrogen-bond acceptors (Lipinski definition) is 8. The van der Waals surface area contributed by atoms with Crippen molar-refractivity contribution in [2.45, 2.75) is 107 Å². The molecule has 1 fully saturated rings. The summed E-state index contributed by atoms with van der Waals surface area (Å²) in [5.74, 6) is -4.79. The second-order valence-electron chi connectivity index (χ2n) is 7.54. The maximum absolute atomic E-state index is 11.4. The van der Waals surface area contributed by atoms with Crippen LogP contribution < -0.4 is 34.7 Å². The molecular formula is C19H35NaO8. The Balaban J connectivity index is 0.00000729. The minimum atomic E-state index is -3.18. The summed E-state index contributed by atoms with van der Waals surface area (Å²) in [6, 6.07) is 0. The second kappa shape index (κ2) is 13.5. The van der Waals surface area contributed by atoms with Gasteiger partial charge in [0.05, 0.1) is 12.6 Å². The van der Waals surface area contributed by atoms with E-state index in [1.807, 2.05) is 0 Å². The maximum atomic E-state index is 11.4. The Morgan fingerprint density at radius 1 is 0.964 bits per heavy atom. The SMILES string of the molecule is CCCCCCCCCCCCC1(O)O[C@H](CO)[C@@H](O)[C@H](O)[C@]1(O)C(=O)[O-].[Na+]. The fraction of sp³-hybridized carbons (Fsp3) is 0.947. The van der Waals surface area contributed by atoms with Gasteiger partial charge >= 0.3 is 29.6 Å². The van der Waals surface area contributed by atoms with Gasteiger partial charge in [-0.15, -0.1) is 0 Å². The van der Waals surface area contributed by atoms with Crippen LogP contribution in [0.2, 0.25) is 0 Å². The van der Waals surface area contributed by atoms with Gasteiger partial charge in [-0.25, -0.2) is 0 Å². The smallest absolute Gasteiger partial charge is 0.547 e. The summed E-state index contributed by atoms with van der Waals surface area (Å²) in [4.78, 5) is 11.4. The van der Waals surface area contributed by atoms with Gasteiger partial charge in [0.2, 0.25) is 5.79 Å². The summed E-state index contributed by atoms with van der Waals surface area (Å²) in [6.45, 7) is 1.43. The quantitative estimate of drug-likeness (QED) is 0.154. The van der Waals surface area contributed by atoms with Crippen LogP contribution in [-0.2, 0) is 9.53 Å². The van der Waals surface area contributed by atoms with Crippen LogP contribution in [-0.4, -0.2) is 67.8 Å². The summed E-state index contributed by atoms with van der Waals surface area (Å²) < 4.78 is 5.09. The van der Waals surface area contributed by atoms with Crippen molar-refractivity contribution < 1.29 is 69.7 Å². The molecule has 0 aromatic heterocycles. The molecule has 0 saturated carbocycles. The molecule has 0 radical (unpaired) electrons. The number of carboxylic acids is 1. The molecule has 1 aliphatic heterocycles. The number of carbonyl (C=O) groups is 1. The molecule has 0 aromatic rings. The molecule has 0 amide bonds. The molecule has 1 unspecified atom stereocenters. The molecule has 5 atom stereocenters. The first-order valence-electron chi connectivity index (χ1n) is 10.1. The van der Waals surface area contributed by atoms with Crippen LogP contribution in [0.4, 0.5) is 0 Å². The number of aliphatic hydroxyl groups excluding tert-OH is 3. The van der Waals surface area contributed by atoms with Crippen molar-refractivity contribution in [2.24, 2.45) is 0 Å². The average molecular weight is 414 g/mol. The van der Waals surface area contributed by atoms with Crippen molar-refractivity contribution >= 4 is 5.97 Å². The van der Waals surface area contributed by atoms with Crippen molar-refractivity contribution in [1.29, 1.82) is 0 Å². The molecular weight excluding hydrogens is 379 g/mol. The van der Waals surface area contributed by atoms with E-state index in [9.17, 15) is 35.4 Å². The molecule has 5 N–H and O–H groups in total. The zero-order valence-corrected chi connectivity index (χ0v) is 19.2. The molecule has 9 heteroatoms. The van der Waals surface area contributed by atoms with Crippen molar-refractivity contribution in [3.8, 4) is 0 Å². The van der Waals surface area contributed by atoms with Crippen molar-refractivity contribution in [3.63, 3.8) is 0 Å². The minimum Gasteiger partial charge on any atom is -0.547 e. The first-order chi connectivity index (χ1) is 12.7. The molecule has 160 valence electrons. The van der Waals surface area contributed by atoms with E-state index in [0.29, 0.717) is 12.8 Å². The van der Waals surface area contributed by atoms with E-state index in [2.05, 4.69) is 6.92 Å². The molecule has 1 rings (SSSR count). The van der Waals surface area contributed by atoms with E-state index in [1.165, 1.54) is 32.1 Å². The van der Waals surface area contributed by atoms with E-state index >= 15 is 0 Å². The monoisotopic (exact) mass is 414 g/mol. The van der Waals surface area contributed by atoms with Crippen molar-refractivity contribution in [3.05, 3.63) is 0 Å². The predicted molar refractivity (Wildman–Crippen MR) is 95.3 cm³/mol. The van der Waals surface area contributed by atoms with Gasteiger partial charge < -0.3 is 40.2 Å². The van der Waals surface area contributed by atoms with Crippen molar-refractivity contribution in [1.82, 2.24) is 0 Å². The molecule has 0 aromatic carbocycles. The third-order valence-corrected chi connectivity index (χ3v) is 5.43. The van der Waals surface area contributed by atoms with Gasteiger partial charge in [0, 0.05) is 6.42 Å². The number of hydrogen-bond donors (Lipinski definition) is 5. The number of aliphatic hydroxyl groups is 5. The van der Waals surface area contributed by atoms with E-state index in [4.69, 9.17) is 4.74 Å². The fourth-order valence-corrected chi connectivity index (χ4v) is 3.62. The first-order valence-corrected chi connectivity index (χ1v) is 10.1. The Labute approximate surface area is 189 Å². The van der Waals surface area contributed by atoms with Crippen LogP contribution in [0.5, 0.6) is 0 Å². The molecule has 28 heavy (non-hydrogen) atoms. The topological polar surface area (TPSA) is 151 Å². The molecule has 0 bridgehead atoms. The predicted octanol–water partition coefficient (Wildman–Crippen LogP) is -3.42. The summed E-state index contributed by atoms with van der Waals surface area (Å²) in [5.41, 5.74) is -3.18. The van der Waals surface area contributed by atoms with E-state index in [1.54, 1.807) is 0 Å². The Kier molecular flexibility index (Phi) is 13.6. The number of unbranched alkanes of at least 4 members (excludes halogenated alkanes) is 9. The zero-order valence-electron chi connectivity index (χ0n) is 17.2. The number of carbonyl (C=O) groups excluding carboxylic acids is 1. The van der Waals surface area contributed by atoms with Gasteiger partial charge in [-0.05, 0) is 6.42 Å². The third-order valence-electron chi connectivity index (χ3n) is 5.43. The number of ether oxygens (including phenoxy) is 1. The van der Waals surface area contributed by atoms with Crippen LogP contribution >= 0.6 is 0 Å². The number of carboxylic acid groups (broad SMARTS) is 1. The Morgan fingerprint density at radius 3 is 1.86 bits per heavy atom. The van der Waals surface area contributed by atoms with Crippen LogP contribution in [0.25, 0.3) is 0 Å². The Hall–Kier alpha value is 0.230. The maximum Gasteiger partial charge on any atom is 1.00 e. The summed E-state index contributed by atoms with van der Waals surface area (Å²) >= 11 is 0. The molecule has 8 nitrogen and oxygen atoms in total. The summed E-state index contributed by atoms with van der Waals surface area (Å²) in [5, 5.41) is 61.3. The zero-order chi connectivity index (χ0) is 20.5. The van der Waals surface area contributed by atoms with Crippen LogP contribution in [0, 0.1) is 0 Å². The van der Waals surface area contributed by atoms with E-state index in [-0.39, 0.29) is 36.0 Å². The largest absolute Gasteiger partial charge is 1.00 e. The van der Waals surface area contributed by atoms with Crippen LogP contribution in [0.15, 0.2) is 0 Å². The first kappa shape index (κ1) is 28.2. The molecule has 0 aliphatic carbocycles. The van der Waals surface area contributed by atoms with Crippen molar-refractivity contribution in [2.75, 3.05) is 6.61 Å². The van der Waals surface area contributed by atoms with Gasteiger partial charge in [-0.2, -0.15) is 0 Å². The third kappa shape index (κ3) is 6.89. The fourth-order valence-electron chi connectivity index (χ4n) is 3.62. The van der Waals surface area contributed by atoms with Gasteiger partial charge in [-0.1, -0.05) is 64.7 Å². The van der Waals surface area contributed by atoms with Gasteiger partial charge in [0.15, 0.2) is 5.60 Å².